The maximum Gasteiger partial charge on any atom is 0.243 e. The van der Waals surface area contributed by atoms with Crippen LogP contribution < -0.4 is 10.1 Å². The molecule has 5 nitrogen and oxygen atoms in total. The quantitative estimate of drug-likeness (QED) is 0.259. The van der Waals surface area contributed by atoms with Crippen LogP contribution in [0.2, 0.25) is 0 Å². The van der Waals surface area contributed by atoms with Gasteiger partial charge in [-0.2, -0.15) is 0 Å². The predicted octanol–water partition coefficient (Wildman–Crippen LogP) is 6.16. The molecule has 3 aromatic carbocycles. The summed E-state index contributed by atoms with van der Waals surface area (Å²) in [6, 6.07) is 26.7. The van der Waals surface area contributed by atoms with E-state index in [-0.39, 0.29) is 17.9 Å². The third kappa shape index (κ3) is 8.83. The Bertz CT molecular complexity index is 1090. The van der Waals surface area contributed by atoms with Gasteiger partial charge < -0.3 is 15.0 Å². The van der Waals surface area contributed by atoms with Crippen LogP contribution in [-0.2, 0) is 22.6 Å². The Balaban J connectivity index is 1.80. The Hall–Kier alpha value is -3.12. The smallest absolute Gasteiger partial charge is 0.243 e. The van der Waals surface area contributed by atoms with Crippen LogP contribution in [0.1, 0.15) is 44.2 Å². The fraction of sp³-hybridized carbons (Fsp3) is 0.333. The summed E-state index contributed by atoms with van der Waals surface area (Å²) in [6.07, 6.45) is 2.13. The van der Waals surface area contributed by atoms with E-state index in [2.05, 4.69) is 21.2 Å². The Morgan fingerprint density at radius 1 is 0.944 bits per heavy atom. The van der Waals surface area contributed by atoms with E-state index in [9.17, 15) is 9.59 Å². The molecule has 0 spiro atoms. The Morgan fingerprint density at radius 3 is 2.28 bits per heavy atom. The molecule has 0 aromatic heterocycles. The predicted molar refractivity (Wildman–Crippen MR) is 148 cm³/mol. The van der Waals surface area contributed by atoms with Gasteiger partial charge in [-0.3, -0.25) is 9.59 Å². The first-order valence-corrected chi connectivity index (χ1v) is 13.3. The number of carbonyl (C=O) groups excluding carboxylic acids is 2. The van der Waals surface area contributed by atoms with E-state index in [1.165, 1.54) is 0 Å². The van der Waals surface area contributed by atoms with Crippen LogP contribution in [0.5, 0.6) is 5.75 Å². The number of rotatable bonds is 13. The maximum absolute atomic E-state index is 13.6. The minimum absolute atomic E-state index is 0.0258. The van der Waals surface area contributed by atoms with Gasteiger partial charge in [-0.15, -0.1) is 0 Å². The molecule has 3 aromatic rings. The number of nitrogens with one attached hydrogen (secondary N) is 1. The van der Waals surface area contributed by atoms with Crippen molar-refractivity contribution in [2.45, 2.75) is 58.2 Å². The number of amides is 2. The van der Waals surface area contributed by atoms with Crippen LogP contribution in [0.15, 0.2) is 89.4 Å². The van der Waals surface area contributed by atoms with E-state index in [1.54, 1.807) is 4.90 Å². The van der Waals surface area contributed by atoms with E-state index in [4.69, 9.17) is 4.74 Å². The van der Waals surface area contributed by atoms with E-state index in [0.29, 0.717) is 32.4 Å². The number of nitrogens with zero attached hydrogens (tertiary/aromatic N) is 1. The van der Waals surface area contributed by atoms with Crippen molar-refractivity contribution in [1.82, 2.24) is 10.2 Å². The number of halogens is 1. The zero-order valence-electron chi connectivity index (χ0n) is 21.0. The van der Waals surface area contributed by atoms with Crippen LogP contribution in [-0.4, -0.2) is 35.4 Å². The lowest BCUT2D eigenvalue weighted by Crippen LogP contribution is -2.52. The number of ether oxygens (including phenoxy) is 1. The lowest BCUT2D eigenvalue weighted by atomic mass is 10.0. The summed E-state index contributed by atoms with van der Waals surface area (Å²) in [5, 5.41) is 3.10. The molecule has 3 rings (SSSR count). The van der Waals surface area contributed by atoms with Gasteiger partial charge >= 0.3 is 0 Å². The van der Waals surface area contributed by atoms with Crippen molar-refractivity contribution in [1.29, 1.82) is 0 Å². The number of carbonyl (C=O) groups is 2. The summed E-state index contributed by atoms with van der Waals surface area (Å²) < 4.78 is 6.72. The van der Waals surface area contributed by atoms with Crippen molar-refractivity contribution in [2.75, 3.05) is 6.61 Å². The van der Waals surface area contributed by atoms with Crippen molar-refractivity contribution < 1.29 is 14.3 Å². The highest BCUT2D eigenvalue weighted by Crippen LogP contribution is 2.19. The van der Waals surface area contributed by atoms with Gasteiger partial charge in [0.15, 0.2) is 0 Å². The Labute approximate surface area is 223 Å². The third-order valence-electron chi connectivity index (χ3n) is 6.06. The van der Waals surface area contributed by atoms with E-state index < -0.39 is 6.04 Å². The molecule has 0 bridgehead atoms. The highest BCUT2D eigenvalue weighted by Gasteiger charge is 2.30. The summed E-state index contributed by atoms with van der Waals surface area (Å²) >= 11 is 3.53. The molecule has 0 heterocycles. The van der Waals surface area contributed by atoms with Crippen molar-refractivity contribution in [3.63, 3.8) is 0 Å². The van der Waals surface area contributed by atoms with Gasteiger partial charge in [0.25, 0.3) is 0 Å². The van der Waals surface area contributed by atoms with Crippen LogP contribution in [0, 0.1) is 0 Å². The third-order valence-corrected chi connectivity index (χ3v) is 6.55. The topological polar surface area (TPSA) is 58.6 Å². The summed E-state index contributed by atoms with van der Waals surface area (Å²) in [4.78, 5) is 28.8. The molecule has 0 saturated heterocycles. The molecule has 0 saturated carbocycles. The van der Waals surface area contributed by atoms with E-state index >= 15 is 0 Å². The summed E-state index contributed by atoms with van der Waals surface area (Å²) in [7, 11) is 0. The lowest BCUT2D eigenvalue weighted by molar-refractivity contribution is -0.141. The van der Waals surface area contributed by atoms with Gasteiger partial charge in [-0.25, -0.2) is 0 Å². The normalized spacial score (nSPS) is 12.4. The molecule has 0 unspecified atom stereocenters. The molecule has 0 radical (unpaired) electrons. The molecule has 2 amide bonds. The molecular weight excluding hydrogens is 516 g/mol. The van der Waals surface area contributed by atoms with E-state index in [0.717, 1.165) is 27.8 Å². The first-order valence-electron chi connectivity index (χ1n) is 12.5. The fourth-order valence-electron chi connectivity index (χ4n) is 3.90. The van der Waals surface area contributed by atoms with Crippen LogP contribution in [0.3, 0.4) is 0 Å². The molecule has 2 atom stereocenters. The molecular formula is C30H35BrN2O3. The SMILES string of the molecule is CC[C@H](C)NC(=O)[C@@H](Cc1ccccc1)N(Cc1cccc(Br)c1)C(=O)CCCOc1ccccc1. The molecule has 0 aliphatic carbocycles. The van der Waals surface area contributed by atoms with Crippen molar-refractivity contribution >= 4 is 27.7 Å². The summed E-state index contributed by atoms with van der Waals surface area (Å²) in [6.45, 7) is 4.80. The average molecular weight is 552 g/mol. The van der Waals surface area contributed by atoms with Crippen LogP contribution in [0.4, 0.5) is 0 Å². The first kappa shape index (κ1) is 27.5. The molecule has 0 aliphatic rings. The minimum atomic E-state index is -0.622. The largest absolute Gasteiger partial charge is 0.494 e. The monoisotopic (exact) mass is 550 g/mol. The minimum Gasteiger partial charge on any atom is -0.494 e. The molecule has 36 heavy (non-hydrogen) atoms. The van der Waals surface area contributed by atoms with Crippen LogP contribution >= 0.6 is 15.9 Å². The average Bonchev–Trinajstić information content (AvgIpc) is 2.89. The van der Waals surface area contributed by atoms with Gasteiger partial charge in [0, 0.05) is 29.9 Å². The zero-order chi connectivity index (χ0) is 25.8. The summed E-state index contributed by atoms with van der Waals surface area (Å²) in [5.41, 5.74) is 1.98. The van der Waals surface area contributed by atoms with Gasteiger partial charge in [-0.1, -0.05) is 83.5 Å². The first-order chi connectivity index (χ1) is 17.5. The molecule has 0 fully saturated rings. The molecule has 6 heteroatoms. The van der Waals surface area contributed by atoms with Gasteiger partial charge in [0.2, 0.25) is 11.8 Å². The Morgan fingerprint density at radius 2 is 1.61 bits per heavy atom. The van der Waals surface area contributed by atoms with Gasteiger partial charge in [0.05, 0.1) is 6.61 Å². The van der Waals surface area contributed by atoms with Crippen molar-refractivity contribution in [3.05, 3.63) is 101 Å². The number of hydrogen-bond donors (Lipinski definition) is 1. The molecule has 190 valence electrons. The standard InChI is InChI=1S/C30H35BrN2O3/c1-3-23(2)32-30(35)28(21-24-12-6-4-7-13-24)33(22-25-14-10-15-26(31)20-25)29(34)18-11-19-36-27-16-8-5-9-17-27/h4-10,12-17,20,23,28H,3,11,18-19,21-22H2,1-2H3,(H,32,35)/t23-,28+/m0/s1. The van der Waals surface area contributed by atoms with Gasteiger partial charge in [-0.05, 0) is 55.2 Å². The molecule has 1 N–H and O–H groups in total. The summed E-state index contributed by atoms with van der Waals surface area (Å²) in [5.74, 6) is 0.592. The number of hydrogen-bond acceptors (Lipinski definition) is 3. The van der Waals surface area contributed by atoms with Gasteiger partial charge in [0.1, 0.15) is 11.8 Å². The zero-order valence-corrected chi connectivity index (χ0v) is 22.6. The second kappa shape index (κ2) is 14.4. The van der Waals surface area contributed by atoms with Crippen molar-refractivity contribution in [2.24, 2.45) is 0 Å². The molecule has 0 aliphatic heterocycles. The van der Waals surface area contributed by atoms with Crippen LogP contribution in [0.25, 0.3) is 0 Å². The lowest BCUT2D eigenvalue weighted by Gasteiger charge is -2.32. The number of para-hydroxylation sites is 1. The van der Waals surface area contributed by atoms with E-state index in [1.807, 2.05) is 98.8 Å². The number of benzene rings is 3. The highest BCUT2D eigenvalue weighted by molar-refractivity contribution is 9.10. The maximum atomic E-state index is 13.6. The Kier molecular flexibility index (Phi) is 11.0. The second-order valence-corrected chi connectivity index (χ2v) is 9.86. The fourth-order valence-corrected chi connectivity index (χ4v) is 4.35. The van der Waals surface area contributed by atoms with Crippen molar-refractivity contribution in [3.8, 4) is 5.75 Å². The second-order valence-electron chi connectivity index (χ2n) is 8.94. The highest BCUT2D eigenvalue weighted by atomic mass is 79.9.